The molecule has 0 aliphatic carbocycles. The predicted octanol–water partition coefficient (Wildman–Crippen LogP) is 1.39. The minimum absolute atomic E-state index is 0.234. The van der Waals surface area contributed by atoms with Crippen LogP contribution in [0.1, 0.15) is 16.0 Å². The second-order valence-corrected chi connectivity index (χ2v) is 7.21. The molecule has 0 unspecified atom stereocenters. The van der Waals surface area contributed by atoms with Crippen LogP contribution in [0.3, 0.4) is 0 Å². The molecule has 0 amide bonds. The van der Waals surface area contributed by atoms with Crippen LogP contribution in [0.4, 0.5) is 0 Å². The fourth-order valence-corrected chi connectivity index (χ4v) is 3.82. The second kappa shape index (κ2) is 5.79. The van der Waals surface area contributed by atoms with E-state index in [1.165, 1.54) is 11.3 Å². The lowest BCUT2D eigenvalue weighted by atomic mass is 10.2. The highest BCUT2D eigenvalue weighted by Gasteiger charge is 2.16. The van der Waals surface area contributed by atoms with E-state index in [-0.39, 0.29) is 10.8 Å². The van der Waals surface area contributed by atoms with Crippen LogP contribution in [0.25, 0.3) is 0 Å². The Bertz CT molecular complexity index is 665. The normalized spacial score (nSPS) is 11.7. The maximum absolute atomic E-state index is 12.1. The van der Waals surface area contributed by atoms with Gasteiger partial charge in [-0.15, -0.1) is 11.3 Å². The van der Waals surface area contributed by atoms with Crippen molar-refractivity contribution in [3.05, 3.63) is 46.6 Å². The molecule has 19 heavy (non-hydrogen) atoms. The molecule has 0 radical (unpaired) electrons. The van der Waals surface area contributed by atoms with E-state index in [0.717, 1.165) is 16.0 Å². The number of aryl methyl sites for hydroxylation is 1. The van der Waals surface area contributed by atoms with Crippen LogP contribution in [-0.2, 0) is 23.1 Å². The van der Waals surface area contributed by atoms with Gasteiger partial charge >= 0.3 is 0 Å². The van der Waals surface area contributed by atoms with E-state index in [1.54, 1.807) is 24.5 Å². The lowest BCUT2D eigenvalue weighted by molar-refractivity contribution is 0.583. The fourth-order valence-electron chi connectivity index (χ4n) is 1.54. The van der Waals surface area contributed by atoms with Gasteiger partial charge in [-0.05, 0) is 36.2 Å². The van der Waals surface area contributed by atoms with E-state index in [2.05, 4.69) is 9.71 Å². The van der Waals surface area contributed by atoms with Gasteiger partial charge in [0.15, 0.2) is 0 Å². The molecule has 0 spiro atoms. The van der Waals surface area contributed by atoms with E-state index < -0.39 is 10.0 Å². The van der Waals surface area contributed by atoms with E-state index in [4.69, 9.17) is 5.73 Å². The van der Waals surface area contributed by atoms with Gasteiger partial charge in [0.1, 0.15) is 4.21 Å². The summed E-state index contributed by atoms with van der Waals surface area (Å²) in [6, 6.07) is 5.15. The van der Waals surface area contributed by atoms with Crippen molar-refractivity contribution in [1.82, 2.24) is 9.71 Å². The first kappa shape index (κ1) is 14.1. The second-order valence-electron chi connectivity index (χ2n) is 4.05. The molecule has 5 nitrogen and oxygen atoms in total. The lowest BCUT2D eigenvalue weighted by Gasteiger charge is -2.06. The Morgan fingerprint density at radius 3 is 2.79 bits per heavy atom. The highest BCUT2D eigenvalue weighted by molar-refractivity contribution is 7.91. The number of rotatable bonds is 5. The first-order valence-corrected chi connectivity index (χ1v) is 8.01. The monoisotopic (exact) mass is 297 g/mol. The average Bonchev–Trinajstić information content (AvgIpc) is 2.87. The summed E-state index contributed by atoms with van der Waals surface area (Å²) < 4.78 is 27.0. The van der Waals surface area contributed by atoms with Gasteiger partial charge in [0.25, 0.3) is 0 Å². The Kier molecular flexibility index (Phi) is 4.31. The number of pyridine rings is 1. The van der Waals surface area contributed by atoms with Crippen LogP contribution in [0.5, 0.6) is 0 Å². The van der Waals surface area contributed by atoms with Crippen molar-refractivity contribution in [2.45, 2.75) is 24.2 Å². The van der Waals surface area contributed by atoms with Crippen molar-refractivity contribution in [3.8, 4) is 0 Å². The summed E-state index contributed by atoms with van der Waals surface area (Å²) in [5.41, 5.74) is 7.35. The van der Waals surface area contributed by atoms with Crippen LogP contribution >= 0.6 is 11.3 Å². The molecule has 3 N–H and O–H groups in total. The highest BCUT2D eigenvalue weighted by Crippen LogP contribution is 2.21. The van der Waals surface area contributed by atoms with Gasteiger partial charge in [-0.3, -0.25) is 4.98 Å². The van der Waals surface area contributed by atoms with Gasteiger partial charge in [0.05, 0.1) is 0 Å². The topological polar surface area (TPSA) is 85.1 Å². The molecule has 2 heterocycles. The molecular weight excluding hydrogens is 282 g/mol. The number of nitrogens with one attached hydrogen (secondary N) is 1. The molecule has 0 bridgehead atoms. The minimum atomic E-state index is -3.48. The number of hydrogen-bond donors (Lipinski definition) is 2. The van der Waals surface area contributed by atoms with Gasteiger partial charge < -0.3 is 5.73 Å². The number of hydrogen-bond acceptors (Lipinski definition) is 5. The zero-order valence-electron chi connectivity index (χ0n) is 10.5. The van der Waals surface area contributed by atoms with Crippen molar-refractivity contribution < 1.29 is 8.42 Å². The molecular formula is C12H15N3O2S2. The summed E-state index contributed by atoms with van der Waals surface area (Å²) in [7, 11) is -3.48. The molecule has 0 fully saturated rings. The molecule has 0 saturated heterocycles. The Morgan fingerprint density at radius 1 is 1.37 bits per heavy atom. The average molecular weight is 297 g/mol. The molecule has 2 aromatic heterocycles. The summed E-state index contributed by atoms with van der Waals surface area (Å²) in [6.07, 6.45) is 3.34. The number of aromatic nitrogens is 1. The van der Waals surface area contributed by atoms with E-state index >= 15 is 0 Å². The van der Waals surface area contributed by atoms with Crippen molar-refractivity contribution >= 4 is 21.4 Å². The standard InChI is InChI=1S/C12H15N3O2S2/c1-9-4-5-14-7-10(9)8-15-19(16,17)12-3-2-11(6-13)18-12/h2-5,7,15H,6,8,13H2,1H3. The fraction of sp³-hybridized carbons (Fsp3) is 0.250. The van der Waals surface area contributed by atoms with Crippen LogP contribution in [0, 0.1) is 6.92 Å². The largest absolute Gasteiger partial charge is 0.326 e. The summed E-state index contributed by atoms with van der Waals surface area (Å²) in [6.45, 7) is 2.50. The van der Waals surface area contributed by atoms with E-state index in [0.29, 0.717) is 6.54 Å². The van der Waals surface area contributed by atoms with Crippen molar-refractivity contribution in [2.75, 3.05) is 0 Å². The summed E-state index contributed by atoms with van der Waals surface area (Å²) in [5, 5.41) is 0. The van der Waals surface area contributed by atoms with Crippen molar-refractivity contribution in [1.29, 1.82) is 0 Å². The van der Waals surface area contributed by atoms with Crippen LogP contribution in [0.15, 0.2) is 34.8 Å². The third kappa shape index (κ3) is 3.38. The van der Waals surface area contributed by atoms with Crippen molar-refractivity contribution in [3.63, 3.8) is 0 Å². The van der Waals surface area contributed by atoms with Crippen LogP contribution in [0.2, 0.25) is 0 Å². The number of nitrogens with zero attached hydrogens (tertiary/aromatic N) is 1. The minimum Gasteiger partial charge on any atom is -0.326 e. The lowest BCUT2D eigenvalue weighted by Crippen LogP contribution is -2.22. The number of thiophene rings is 1. The molecule has 0 aliphatic rings. The molecule has 102 valence electrons. The molecule has 2 aromatic rings. The van der Waals surface area contributed by atoms with E-state index in [9.17, 15) is 8.42 Å². The quantitative estimate of drug-likeness (QED) is 0.873. The molecule has 0 aromatic carbocycles. The van der Waals surface area contributed by atoms with Gasteiger partial charge in [0.2, 0.25) is 10.0 Å². The molecule has 7 heteroatoms. The molecule has 2 rings (SSSR count). The third-order valence-corrected chi connectivity index (χ3v) is 5.70. The Labute approximate surface area is 116 Å². The third-order valence-electron chi connectivity index (χ3n) is 2.70. The zero-order valence-corrected chi connectivity index (χ0v) is 12.1. The number of sulfonamides is 1. The Hall–Kier alpha value is -1.28. The summed E-state index contributed by atoms with van der Waals surface area (Å²) in [4.78, 5) is 4.83. The first-order valence-electron chi connectivity index (χ1n) is 5.71. The van der Waals surface area contributed by atoms with Crippen LogP contribution in [-0.4, -0.2) is 13.4 Å². The molecule has 0 saturated carbocycles. The maximum Gasteiger partial charge on any atom is 0.250 e. The van der Waals surface area contributed by atoms with Gasteiger partial charge in [-0.25, -0.2) is 13.1 Å². The SMILES string of the molecule is Cc1ccncc1CNS(=O)(=O)c1ccc(CN)s1. The van der Waals surface area contributed by atoms with Gasteiger partial charge in [-0.1, -0.05) is 0 Å². The van der Waals surface area contributed by atoms with E-state index in [1.807, 2.05) is 13.0 Å². The smallest absolute Gasteiger partial charge is 0.250 e. The maximum atomic E-state index is 12.1. The predicted molar refractivity (Wildman–Crippen MR) is 75.2 cm³/mol. The van der Waals surface area contributed by atoms with Gasteiger partial charge in [-0.2, -0.15) is 0 Å². The highest BCUT2D eigenvalue weighted by atomic mass is 32.2. The number of nitrogens with two attached hydrogens (primary N) is 1. The molecule has 0 aliphatic heterocycles. The summed E-state index contributed by atoms with van der Waals surface area (Å²) in [5.74, 6) is 0. The van der Waals surface area contributed by atoms with Gasteiger partial charge in [0, 0.05) is 30.4 Å². The Balaban J connectivity index is 2.12. The van der Waals surface area contributed by atoms with Crippen LogP contribution < -0.4 is 10.5 Å². The van der Waals surface area contributed by atoms with Crippen molar-refractivity contribution in [2.24, 2.45) is 5.73 Å². The summed E-state index contributed by atoms with van der Waals surface area (Å²) >= 11 is 1.19. The first-order chi connectivity index (χ1) is 9.03. The molecule has 0 atom stereocenters. The Morgan fingerprint density at radius 2 is 2.16 bits per heavy atom. The zero-order chi connectivity index (χ0) is 13.9.